The fraction of sp³-hybridized carbons (Fsp3) is 0.297. The first-order valence-electron chi connectivity index (χ1n) is 15.8. The Bertz CT molecular complexity index is 1910. The van der Waals surface area contributed by atoms with Crippen molar-refractivity contribution in [2.45, 2.75) is 57.4 Å². The molecule has 2 N–H and O–H groups in total. The zero-order valence-electron chi connectivity index (χ0n) is 28.7. The van der Waals surface area contributed by atoms with Crippen molar-refractivity contribution in [1.29, 1.82) is 0 Å². The second-order valence-corrected chi connectivity index (χ2v) is 13.5. The number of carbonyl (C=O) groups excluding carboxylic acids is 2. The van der Waals surface area contributed by atoms with E-state index in [9.17, 15) is 19.8 Å². The SMILES string of the molecule is CCN(CC)C(C)CN1c2ccccc2Sc2ccccc21.COC(=O)c1c(C)c2c(c(C)c1O)OC(=O)c1c(C)c(Cl)c(O)c(Cl)c1O2.Cl. The number of benzene rings is 4. The molecule has 2 aliphatic heterocycles. The van der Waals surface area contributed by atoms with Crippen molar-refractivity contribution >= 4 is 70.7 Å². The lowest BCUT2D eigenvalue weighted by atomic mass is 10.0. The van der Waals surface area contributed by atoms with Gasteiger partial charge in [-0.1, -0.05) is 73.1 Å². The molecule has 13 heteroatoms. The van der Waals surface area contributed by atoms with Gasteiger partial charge in [-0.05, 0) is 70.6 Å². The third-order valence-corrected chi connectivity index (χ3v) is 10.8. The largest absolute Gasteiger partial charge is 0.507 e. The number of hydrogen-bond donors (Lipinski definition) is 2. The first kappa shape index (κ1) is 39.0. The second-order valence-electron chi connectivity index (χ2n) is 11.6. The van der Waals surface area contributed by atoms with E-state index in [0.29, 0.717) is 6.04 Å². The summed E-state index contributed by atoms with van der Waals surface area (Å²) in [5, 5.41) is 20.1. The first-order valence-corrected chi connectivity index (χ1v) is 17.4. The highest BCUT2D eigenvalue weighted by Crippen LogP contribution is 2.53. The molecule has 0 saturated carbocycles. The molecule has 0 bridgehead atoms. The van der Waals surface area contributed by atoms with Crippen LogP contribution in [-0.2, 0) is 4.74 Å². The molecule has 0 aliphatic carbocycles. The van der Waals surface area contributed by atoms with Crippen LogP contribution in [0.2, 0.25) is 10.0 Å². The molecule has 266 valence electrons. The van der Waals surface area contributed by atoms with Crippen LogP contribution in [-0.4, -0.2) is 59.8 Å². The van der Waals surface area contributed by atoms with Gasteiger partial charge in [0.05, 0.1) is 23.5 Å². The summed E-state index contributed by atoms with van der Waals surface area (Å²) in [5.41, 5.74) is 2.94. The maximum Gasteiger partial charge on any atom is 0.347 e. The van der Waals surface area contributed by atoms with Crippen molar-refractivity contribution in [2.75, 3.05) is 31.6 Å². The molecule has 4 aromatic rings. The van der Waals surface area contributed by atoms with E-state index in [1.807, 2.05) is 11.8 Å². The Kier molecular flexibility index (Phi) is 12.5. The lowest BCUT2D eigenvalue weighted by Gasteiger charge is -2.37. The topological polar surface area (TPSA) is 109 Å². The van der Waals surface area contributed by atoms with E-state index < -0.39 is 23.4 Å². The number of ether oxygens (including phenoxy) is 3. The number of phenols is 2. The van der Waals surface area contributed by atoms with Crippen LogP contribution in [0.1, 0.15) is 58.2 Å². The van der Waals surface area contributed by atoms with Crippen LogP contribution in [0.3, 0.4) is 0 Å². The van der Waals surface area contributed by atoms with Crippen molar-refractivity contribution in [1.82, 2.24) is 4.90 Å². The monoisotopic (exact) mass is 760 g/mol. The quantitative estimate of drug-likeness (QED) is 0.146. The molecule has 50 heavy (non-hydrogen) atoms. The van der Waals surface area contributed by atoms with Crippen LogP contribution in [0.4, 0.5) is 11.4 Å². The molecule has 0 amide bonds. The van der Waals surface area contributed by atoms with E-state index in [4.69, 9.17) is 37.4 Å². The summed E-state index contributed by atoms with van der Waals surface area (Å²) in [6.07, 6.45) is 0. The number of anilines is 2. The van der Waals surface area contributed by atoms with Crippen molar-refractivity contribution < 1.29 is 34.0 Å². The lowest BCUT2D eigenvalue weighted by Crippen LogP contribution is -2.41. The fourth-order valence-corrected chi connectivity index (χ4v) is 7.65. The minimum Gasteiger partial charge on any atom is -0.507 e. The zero-order valence-corrected chi connectivity index (χ0v) is 31.9. The maximum atomic E-state index is 12.7. The summed E-state index contributed by atoms with van der Waals surface area (Å²) in [7, 11) is 1.17. The molecule has 0 saturated heterocycles. The minimum atomic E-state index is -0.835. The highest BCUT2D eigenvalue weighted by molar-refractivity contribution is 7.99. The average molecular weight is 762 g/mol. The number of aromatic hydroxyl groups is 2. The smallest absolute Gasteiger partial charge is 0.347 e. The summed E-state index contributed by atoms with van der Waals surface area (Å²) in [4.78, 5) is 32.5. The van der Waals surface area contributed by atoms with Gasteiger partial charge in [-0.15, -0.1) is 12.4 Å². The number of fused-ring (bicyclic) bond motifs is 4. The lowest BCUT2D eigenvalue weighted by molar-refractivity contribution is 0.0596. The van der Waals surface area contributed by atoms with E-state index in [-0.39, 0.29) is 67.5 Å². The number of hydrogen-bond acceptors (Lipinski definition) is 10. The third kappa shape index (κ3) is 7.05. The first-order chi connectivity index (χ1) is 23.4. The molecule has 1 unspecified atom stereocenters. The fourth-order valence-electron chi connectivity index (χ4n) is 6.09. The van der Waals surface area contributed by atoms with Crippen molar-refractivity contribution in [3.8, 4) is 28.7 Å². The van der Waals surface area contributed by atoms with Gasteiger partial charge in [0.1, 0.15) is 21.9 Å². The summed E-state index contributed by atoms with van der Waals surface area (Å²) in [5.74, 6) is -2.74. The van der Waals surface area contributed by atoms with Crippen molar-refractivity contribution in [3.05, 3.63) is 86.4 Å². The van der Waals surface area contributed by atoms with E-state index in [2.05, 4.69) is 79.1 Å². The van der Waals surface area contributed by atoms with E-state index in [1.165, 1.54) is 49.0 Å². The number of halogens is 3. The standard InChI is InChI=1S/C19H24N2S.C18H14Cl2O7.ClH/c1-4-20(5-2)15(3)14-21-16-10-6-8-12-18(16)22-19-13-9-7-11-17(19)21;1-5-9-16(11(20)13(22)10(5)19)26-14-6(2)8(17(23)25-4)12(21)7(3)15(14)27-18(9)24;/h6-13,15H,4-5,14H2,1-3H3;21-22H,1-4H3;1H. The Labute approximate surface area is 312 Å². The predicted molar refractivity (Wildman–Crippen MR) is 200 cm³/mol. The van der Waals surface area contributed by atoms with Crippen molar-refractivity contribution in [3.63, 3.8) is 0 Å². The Morgan fingerprint density at radius 2 is 1.40 bits per heavy atom. The van der Waals surface area contributed by atoms with Gasteiger partial charge < -0.3 is 29.3 Å². The molecule has 4 aromatic carbocycles. The number of likely N-dealkylation sites (N-methyl/N-ethyl adjacent to an activating group) is 1. The molecule has 0 spiro atoms. The number of methoxy groups -OCH3 is 1. The van der Waals surface area contributed by atoms with Gasteiger partial charge in [-0.3, -0.25) is 4.90 Å². The van der Waals surface area contributed by atoms with Crippen LogP contribution in [0.15, 0.2) is 58.3 Å². The van der Waals surface area contributed by atoms with Crippen LogP contribution in [0.25, 0.3) is 0 Å². The normalized spacial score (nSPS) is 13.2. The summed E-state index contributed by atoms with van der Waals surface area (Å²) in [6.45, 7) is 14.5. The number of para-hydroxylation sites is 2. The van der Waals surface area contributed by atoms with Gasteiger partial charge in [0.2, 0.25) is 0 Å². The van der Waals surface area contributed by atoms with Crippen molar-refractivity contribution in [2.24, 2.45) is 0 Å². The second kappa shape index (κ2) is 16.0. The van der Waals surface area contributed by atoms with Crippen LogP contribution in [0, 0.1) is 20.8 Å². The van der Waals surface area contributed by atoms with Crippen LogP contribution < -0.4 is 14.4 Å². The van der Waals surface area contributed by atoms with Gasteiger partial charge in [0.25, 0.3) is 0 Å². The van der Waals surface area contributed by atoms with Crippen LogP contribution >= 0.6 is 47.4 Å². The number of rotatable bonds is 6. The van der Waals surface area contributed by atoms with Crippen LogP contribution in [0.5, 0.6) is 28.7 Å². The number of phenolic OH excluding ortho intramolecular Hbond substituents is 2. The number of carbonyl (C=O) groups is 2. The minimum absolute atomic E-state index is 0. The summed E-state index contributed by atoms with van der Waals surface area (Å²) >= 11 is 14.0. The summed E-state index contributed by atoms with van der Waals surface area (Å²) < 4.78 is 15.9. The Balaban J connectivity index is 0.000000225. The number of nitrogens with zero attached hydrogens (tertiary/aromatic N) is 2. The molecule has 0 fully saturated rings. The van der Waals surface area contributed by atoms with Gasteiger partial charge in [0.15, 0.2) is 23.0 Å². The maximum absolute atomic E-state index is 12.7. The highest BCUT2D eigenvalue weighted by atomic mass is 35.5. The summed E-state index contributed by atoms with van der Waals surface area (Å²) in [6, 6.07) is 18.0. The Hall–Kier alpha value is -3.80. The molecule has 1 atom stereocenters. The number of esters is 2. The van der Waals surface area contributed by atoms with Gasteiger partial charge >= 0.3 is 11.9 Å². The third-order valence-electron chi connectivity index (χ3n) is 8.81. The molecule has 0 aromatic heterocycles. The molecule has 0 radical (unpaired) electrons. The zero-order chi connectivity index (χ0) is 35.7. The van der Waals surface area contributed by atoms with E-state index in [1.54, 1.807) is 0 Å². The van der Waals surface area contributed by atoms with Gasteiger partial charge in [0, 0.05) is 33.5 Å². The van der Waals surface area contributed by atoms with Gasteiger partial charge in [-0.25, -0.2) is 9.59 Å². The molecule has 2 heterocycles. The molecule has 6 rings (SSSR count). The molecule has 2 aliphatic rings. The molecule has 9 nitrogen and oxygen atoms in total. The van der Waals surface area contributed by atoms with E-state index in [0.717, 1.165) is 19.6 Å². The molecular weight excluding hydrogens is 723 g/mol. The van der Waals surface area contributed by atoms with Gasteiger partial charge in [-0.2, -0.15) is 0 Å². The average Bonchev–Trinajstić information content (AvgIpc) is 3.26. The molecular formula is C37H39Cl3N2O7S. The highest BCUT2D eigenvalue weighted by Gasteiger charge is 2.35. The Morgan fingerprint density at radius 3 is 1.94 bits per heavy atom. The Morgan fingerprint density at radius 1 is 0.860 bits per heavy atom. The van der Waals surface area contributed by atoms with E-state index >= 15 is 0 Å². The predicted octanol–water partition coefficient (Wildman–Crippen LogP) is 9.88.